The zero-order valence-electron chi connectivity index (χ0n) is 18.4. The average Bonchev–Trinajstić information content (AvgIpc) is 2.74. The molecular weight excluding hydrogens is 420 g/mol. The lowest BCUT2D eigenvalue weighted by molar-refractivity contribution is 0.207. The van der Waals surface area contributed by atoms with Crippen molar-refractivity contribution in [3.63, 3.8) is 0 Å². The van der Waals surface area contributed by atoms with Gasteiger partial charge >= 0.3 is 0 Å². The number of nitrogens with one attached hydrogen (secondary N) is 1. The van der Waals surface area contributed by atoms with E-state index >= 15 is 0 Å². The maximum absolute atomic E-state index is 12.5. The first kappa shape index (κ1) is 22.1. The van der Waals surface area contributed by atoms with E-state index in [1.54, 1.807) is 30.3 Å². The number of nitrogens with zero attached hydrogens (tertiary/aromatic N) is 1. The van der Waals surface area contributed by atoms with Crippen molar-refractivity contribution in [3.8, 4) is 23.1 Å². The van der Waals surface area contributed by atoms with Crippen LogP contribution in [0.15, 0.2) is 65.5 Å². The van der Waals surface area contributed by atoms with Gasteiger partial charge in [0.1, 0.15) is 11.5 Å². The van der Waals surface area contributed by atoms with Crippen LogP contribution >= 0.6 is 12.2 Å². The number of hydrogen-bond acceptors (Lipinski definition) is 4. The molecule has 0 bridgehead atoms. The number of aromatic hydroxyl groups is 1. The zero-order chi connectivity index (χ0) is 22.7. The summed E-state index contributed by atoms with van der Waals surface area (Å²) in [5.41, 5.74) is 0.763. The molecule has 1 heterocycles. The lowest BCUT2D eigenvalue weighted by atomic mass is 9.72. The van der Waals surface area contributed by atoms with Crippen molar-refractivity contribution in [3.05, 3.63) is 81.4 Å². The molecule has 1 saturated carbocycles. The molecule has 0 amide bonds. The third-order valence-corrected chi connectivity index (χ3v) is 6.26. The van der Waals surface area contributed by atoms with Gasteiger partial charge in [0.15, 0.2) is 4.77 Å². The Balaban J connectivity index is 1.61. The SMILES string of the molecule is CC1(C)CCCC(C=Cc2c(O)n(-c3ccc(Oc4ccccc4)cc3)c(=S)[nH]c2=O)C1. The van der Waals surface area contributed by atoms with Gasteiger partial charge < -0.3 is 9.84 Å². The Morgan fingerprint density at radius 1 is 1.12 bits per heavy atom. The predicted molar refractivity (Wildman–Crippen MR) is 130 cm³/mol. The summed E-state index contributed by atoms with van der Waals surface area (Å²) < 4.78 is 7.43. The van der Waals surface area contributed by atoms with Crippen molar-refractivity contribution < 1.29 is 9.84 Å². The summed E-state index contributed by atoms with van der Waals surface area (Å²) in [6.45, 7) is 4.56. The van der Waals surface area contributed by atoms with Crippen LogP contribution in [-0.2, 0) is 0 Å². The summed E-state index contributed by atoms with van der Waals surface area (Å²) in [6.07, 6.45) is 8.35. The molecular formula is C26H28N2O3S. The van der Waals surface area contributed by atoms with Crippen molar-refractivity contribution >= 4 is 18.3 Å². The van der Waals surface area contributed by atoms with Crippen molar-refractivity contribution in [2.45, 2.75) is 39.5 Å². The van der Waals surface area contributed by atoms with Gasteiger partial charge in [-0.1, -0.05) is 44.5 Å². The summed E-state index contributed by atoms with van der Waals surface area (Å²) in [5, 5.41) is 10.9. The molecule has 1 fully saturated rings. The minimum atomic E-state index is -0.390. The summed E-state index contributed by atoms with van der Waals surface area (Å²) in [7, 11) is 0. The Labute approximate surface area is 193 Å². The van der Waals surface area contributed by atoms with Gasteiger partial charge in [-0.3, -0.25) is 14.3 Å². The number of aromatic nitrogens is 2. The van der Waals surface area contributed by atoms with E-state index in [1.807, 2.05) is 30.3 Å². The Hall–Kier alpha value is -3.12. The zero-order valence-corrected chi connectivity index (χ0v) is 19.2. The first-order valence-corrected chi connectivity index (χ1v) is 11.3. The number of rotatable bonds is 5. The summed E-state index contributed by atoms with van der Waals surface area (Å²) in [5.74, 6) is 1.63. The normalized spacial score (nSPS) is 18.0. The third kappa shape index (κ3) is 5.02. The van der Waals surface area contributed by atoms with Crippen LogP contribution in [0, 0.1) is 16.1 Å². The smallest absolute Gasteiger partial charge is 0.262 e. The molecule has 5 nitrogen and oxygen atoms in total. The maximum atomic E-state index is 12.5. The molecule has 32 heavy (non-hydrogen) atoms. The second kappa shape index (κ2) is 9.17. The van der Waals surface area contributed by atoms with Crippen LogP contribution < -0.4 is 10.3 Å². The molecule has 1 aromatic heterocycles. The Morgan fingerprint density at radius 3 is 2.50 bits per heavy atom. The van der Waals surface area contributed by atoms with Crippen LogP contribution in [0.2, 0.25) is 0 Å². The van der Waals surface area contributed by atoms with Crippen molar-refractivity contribution in [2.75, 3.05) is 0 Å². The number of H-pyrrole nitrogens is 1. The van der Waals surface area contributed by atoms with Crippen molar-refractivity contribution in [2.24, 2.45) is 11.3 Å². The predicted octanol–water partition coefficient (Wildman–Crippen LogP) is 6.62. The van der Waals surface area contributed by atoms with E-state index in [1.165, 1.54) is 17.4 Å². The number of aromatic amines is 1. The largest absolute Gasteiger partial charge is 0.494 e. The molecule has 0 radical (unpaired) electrons. The van der Waals surface area contributed by atoms with E-state index in [0.29, 0.717) is 22.8 Å². The van der Waals surface area contributed by atoms with Crippen LogP contribution in [0.25, 0.3) is 11.8 Å². The molecule has 1 unspecified atom stereocenters. The molecule has 1 aliphatic rings. The standard InChI is InChI=1S/C26H28N2O3S/c1-26(2)16-6-7-18(17-26)10-15-22-23(29)27-25(32)28(24(22)30)19-11-13-21(14-12-19)31-20-8-4-3-5-9-20/h3-5,8-15,18,30H,6-7,16-17H2,1-2H3,(H,27,29,32). The Bertz CT molecular complexity index is 1220. The van der Waals surface area contributed by atoms with E-state index in [4.69, 9.17) is 17.0 Å². The second-order valence-corrected chi connectivity index (χ2v) is 9.51. The van der Waals surface area contributed by atoms with Crippen molar-refractivity contribution in [1.82, 2.24) is 9.55 Å². The number of hydrogen-bond donors (Lipinski definition) is 2. The highest BCUT2D eigenvalue weighted by Crippen LogP contribution is 2.39. The molecule has 166 valence electrons. The van der Waals surface area contributed by atoms with Gasteiger partial charge in [-0.05, 0) is 85.3 Å². The molecule has 2 aromatic carbocycles. The Kier molecular flexibility index (Phi) is 6.33. The summed E-state index contributed by atoms with van der Waals surface area (Å²) >= 11 is 5.34. The van der Waals surface area contributed by atoms with E-state index in [-0.39, 0.29) is 21.8 Å². The molecule has 3 aromatic rings. The first-order chi connectivity index (χ1) is 15.3. The molecule has 0 aliphatic heterocycles. The van der Waals surface area contributed by atoms with Gasteiger partial charge in [-0.15, -0.1) is 0 Å². The number of benzene rings is 2. The highest BCUT2D eigenvalue weighted by Gasteiger charge is 2.26. The minimum absolute atomic E-state index is 0.139. The number of para-hydroxylation sites is 1. The average molecular weight is 449 g/mol. The van der Waals surface area contributed by atoms with Gasteiger partial charge in [-0.2, -0.15) is 0 Å². The highest BCUT2D eigenvalue weighted by atomic mass is 32.1. The summed E-state index contributed by atoms with van der Waals surface area (Å²) in [6, 6.07) is 16.7. The van der Waals surface area contributed by atoms with Gasteiger partial charge in [-0.25, -0.2) is 0 Å². The molecule has 1 atom stereocenters. The minimum Gasteiger partial charge on any atom is -0.494 e. The molecule has 4 rings (SSSR count). The van der Waals surface area contributed by atoms with Crippen LogP contribution in [-0.4, -0.2) is 14.7 Å². The Morgan fingerprint density at radius 2 is 1.81 bits per heavy atom. The van der Waals surface area contributed by atoms with Crippen LogP contribution in [0.4, 0.5) is 0 Å². The van der Waals surface area contributed by atoms with Gasteiger partial charge in [0, 0.05) is 0 Å². The molecule has 1 aliphatic carbocycles. The van der Waals surface area contributed by atoms with Crippen LogP contribution in [0.1, 0.15) is 45.1 Å². The molecule has 0 spiro atoms. The second-order valence-electron chi connectivity index (χ2n) is 9.12. The lowest BCUT2D eigenvalue weighted by Gasteiger charge is -2.33. The maximum Gasteiger partial charge on any atom is 0.262 e. The fraction of sp³-hybridized carbons (Fsp3) is 0.308. The molecule has 6 heteroatoms. The fourth-order valence-corrected chi connectivity index (χ4v) is 4.65. The lowest BCUT2D eigenvalue weighted by Crippen LogP contribution is -2.21. The van der Waals surface area contributed by atoms with Crippen molar-refractivity contribution in [1.29, 1.82) is 0 Å². The van der Waals surface area contributed by atoms with Gasteiger partial charge in [0.25, 0.3) is 5.56 Å². The monoisotopic (exact) mass is 448 g/mol. The van der Waals surface area contributed by atoms with Crippen LogP contribution in [0.5, 0.6) is 17.4 Å². The van der Waals surface area contributed by atoms with Gasteiger partial charge in [0.05, 0.1) is 11.3 Å². The topological polar surface area (TPSA) is 67.2 Å². The number of ether oxygens (including phenoxy) is 1. The third-order valence-electron chi connectivity index (χ3n) is 5.97. The highest BCUT2D eigenvalue weighted by molar-refractivity contribution is 7.71. The van der Waals surface area contributed by atoms with Gasteiger partial charge in [0.2, 0.25) is 5.88 Å². The van der Waals surface area contributed by atoms with Crippen LogP contribution in [0.3, 0.4) is 0 Å². The quantitative estimate of drug-likeness (QED) is 0.430. The van der Waals surface area contributed by atoms with E-state index in [9.17, 15) is 9.90 Å². The molecule has 0 saturated heterocycles. The summed E-state index contributed by atoms with van der Waals surface area (Å²) in [4.78, 5) is 15.2. The molecule has 2 N–H and O–H groups in total. The van der Waals surface area contributed by atoms with E-state index in [0.717, 1.165) is 18.6 Å². The fourth-order valence-electron chi connectivity index (χ4n) is 4.37. The van der Waals surface area contributed by atoms with E-state index < -0.39 is 0 Å². The first-order valence-electron chi connectivity index (χ1n) is 10.9. The number of allylic oxidation sites excluding steroid dienone is 1. The van der Waals surface area contributed by atoms with E-state index in [2.05, 4.69) is 24.9 Å².